The van der Waals surface area contributed by atoms with Crippen molar-refractivity contribution in [3.63, 3.8) is 0 Å². The minimum Gasteiger partial charge on any atom is -0.453 e. The highest BCUT2D eigenvalue weighted by atomic mass is 35.5. The zero-order valence-corrected chi connectivity index (χ0v) is 22.9. The quantitative estimate of drug-likeness (QED) is 0.470. The highest BCUT2D eigenvalue weighted by Crippen LogP contribution is 2.46. The molecule has 2 saturated heterocycles. The summed E-state index contributed by atoms with van der Waals surface area (Å²) in [5.74, 6) is 0.524. The highest BCUT2D eigenvalue weighted by molar-refractivity contribution is 6.33. The topological polar surface area (TPSA) is 115 Å². The molecule has 0 radical (unpaired) electrons. The fraction of sp³-hybridized carbons (Fsp3) is 0.556. The van der Waals surface area contributed by atoms with Gasteiger partial charge >= 0.3 is 6.09 Å². The van der Waals surface area contributed by atoms with Crippen LogP contribution in [0.25, 0.3) is 22.3 Å². The number of ether oxygens (including phenoxy) is 2. The van der Waals surface area contributed by atoms with Crippen LogP contribution in [-0.2, 0) is 9.47 Å². The molecule has 12 heteroatoms. The lowest BCUT2D eigenvalue weighted by atomic mass is 9.99. The van der Waals surface area contributed by atoms with Gasteiger partial charge in [0.05, 0.1) is 53.9 Å². The molecule has 3 aliphatic rings. The molecule has 0 bridgehead atoms. The molecule has 2 aliphatic heterocycles. The predicted molar refractivity (Wildman–Crippen MR) is 143 cm³/mol. The van der Waals surface area contributed by atoms with Crippen LogP contribution in [0.3, 0.4) is 0 Å². The number of aromatic nitrogens is 4. The maximum absolute atomic E-state index is 15.6. The number of carbonyl (C=O) groups is 1. The molecule has 1 spiro atoms. The summed E-state index contributed by atoms with van der Waals surface area (Å²) < 4.78 is 28.3. The van der Waals surface area contributed by atoms with Gasteiger partial charge in [0.1, 0.15) is 11.3 Å². The molecule has 6 rings (SSSR count). The molecule has 10 nitrogen and oxygen atoms in total. The molecule has 39 heavy (non-hydrogen) atoms. The number of hydrogen-bond donors (Lipinski definition) is 2. The summed E-state index contributed by atoms with van der Waals surface area (Å²) >= 11 is 6.52. The summed E-state index contributed by atoms with van der Waals surface area (Å²) in [5.41, 5.74) is 1.63. The largest absolute Gasteiger partial charge is 0.453 e. The maximum Gasteiger partial charge on any atom is 0.409 e. The van der Waals surface area contributed by atoms with Gasteiger partial charge in [-0.05, 0) is 51.7 Å². The Labute approximate surface area is 230 Å². The molecule has 4 heterocycles. The Hall–Kier alpha value is -3.02. The monoisotopic (exact) mass is 558 g/mol. The molecule has 3 aromatic rings. The third kappa shape index (κ3) is 4.81. The number of hydrogen-bond acceptors (Lipinski definition) is 8. The number of amides is 1. The van der Waals surface area contributed by atoms with E-state index in [4.69, 9.17) is 26.1 Å². The van der Waals surface area contributed by atoms with Crippen LogP contribution in [0.4, 0.5) is 15.1 Å². The number of benzene rings is 1. The van der Waals surface area contributed by atoms with Gasteiger partial charge in [-0.15, -0.1) is 0 Å². The van der Waals surface area contributed by atoms with Crippen molar-refractivity contribution < 1.29 is 23.8 Å². The van der Waals surface area contributed by atoms with E-state index in [9.17, 15) is 9.90 Å². The lowest BCUT2D eigenvalue weighted by molar-refractivity contribution is -0.0763. The summed E-state index contributed by atoms with van der Waals surface area (Å²) in [6, 6.07) is 2.98. The normalized spacial score (nSPS) is 24.1. The summed E-state index contributed by atoms with van der Waals surface area (Å²) in [4.78, 5) is 27.3. The molecular weight excluding hydrogens is 527 g/mol. The average molecular weight is 559 g/mol. The summed E-state index contributed by atoms with van der Waals surface area (Å²) in [7, 11) is 1.37. The number of imidazole rings is 1. The Morgan fingerprint density at radius 3 is 2.85 bits per heavy atom. The van der Waals surface area contributed by atoms with Crippen LogP contribution in [0.2, 0.25) is 5.02 Å². The molecule has 1 amide bonds. The van der Waals surface area contributed by atoms with Crippen molar-refractivity contribution in [2.45, 2.75) is 69.2 Å². The highest BCUT2D eigenvalue weighted by Gasteiger charge is 2.50. The molecule has 1 aliphatic carbocycles. The number of likely N-dealkylation sites (tertiary alicyclic amines) is 1. The number of rotatable bonds is 5. The lowest BCUT2D eigenvalue weighted by Gasteiger charge is -2.34. The molecule has 1 saturated carbocycles. The van der Waals surface area contributed by atoms with Crippen LogP contribution in [0.5, 0.6) is 0 Å². The van der Waals surface area contributed by atoms with Gasteiger partial charge in [-0.3, -0.25) is 0 Å². The first-order chi connectivity index (χ1) is 18.7. The van der Waals surface area contributed by atoms with E-state index in [0.717, 1.165) is 18.7 Å². The van der Waals surface area contributed by atoms with E-state index in [-0.39, 0.29) is 46.8 Å². The number of aliphatic hydroxyl groups is 1. The van der Waals surface area contributed by atoms with Gasteiger partial charge < -0.3 is 29.4 Å². The fourth-order valence-electron chi connectivity index (χ4n) is 5.82. The summed E-state index contributed by atoms with van der Waals surface area (Å²) in [6.45, 7) is 5.33. The lowest BCUT2D eigenvalue weighted by Crippen LogP contribution is -2.46. The maximum atomic E-state index is 15.6. The second-order valence-corrected chi connectivity index (χ2v) is 11.5. The standard InChI is InChI=1S/C27H32ClFN6O4/c1-14(2)35-20-9-16(8-18(29)23(20)32-24(35)15-4-7-34(12-15)26(37)38-3)22-17(28)11-30-25(33-22)31-19-10-27(5-6-27)39-13-21(19)36/h8-9,11,14-15,19,21,36H,4-7,10,12-13H2,1-3H3,(H,30,31,33)/t15-,19?,21-/m1/s1. The van der Waals surface area contributed by atoms with Crippen molar-refractivity contribution in [2.24, 2.45) is 0 Å². The first kappa shape index (κ1) is 26.2. The molecule has 3 fully saturated rings. The van der Waals surface area contributed by atoms with E-state index in [1.54, 1.807) is 4.90 Å². The smallest absolute Gasteiger partial charge is 0.409 e. The minimum absolute atomic E-state index is 0.00493. The van der Waals surface area contributed by atoms with E-state index in [1.807, 2.05) is 24.5 Å². The number of carbonyl (C=O) groups excluding carboxylic acids is 1. The second-order valence-electron chi connectivity index (χ2n) is 11.1. The van der Waals surface area contributed by atoms with Gasteiger partial charge in [0, 0.05) is 30.6 Å². The van der Waals surface area contributed by atoms with Crippen molar-refractivity contribution in [1.82, 2.24) is 24.4 Å². The van der Waals surface area contributed by atoms with Gasteiger partial charge in [0.25, 0.3) is 0 Å². The number of nitrogens with zero attached hydrogens (tertiary/aromatic N) is 5. The Kier molecular flexibility index (Phi) is 6.63. The van der Waals surface area contributed by atoms with Crippen LogP contribution in [0.15, 0.2) is 18.3 Å². The van der Waals surface area contributed by atoms with Gasteiger partial charge in [0.2, 0.25) is 5.95 Å². The van der Waals surface area contributed by atoms with E-state index in [0.29, 0.717) is 48.7 Å². The molecule has 1 unspecified atom stereocenters. The number of aliphatic hydroxyl groups excluding tert-OH is 1. The number of anilines is 1. The van der Waals surface area contributed by atoms with E-state index in [2.05, 4.69) is 15.3 Å². The zero-order valence-electron chi connectivity index (χ0n) is 22.2. The Bertz CT molecular complexity index is 1430. The first-order valence-corrected chi connectivity index (χ1v) is 13.7. The number of nitrogens with one attached hydrogen (secondary N) is 1. The minimum atomic E-state index is -0.683. The Balaban J connectivity index is 1.35. The molecule has 3 atom stereocenters. The number of methoxy groups -OCH3 is 1. The van der Waals surface area contributed by atoms with E-state index < -0.39 is 11.9 Å². The van der Waals surface area contributed by atoms with Crippen LogP contribution >= 0.6 is 11.6 Å². The van der Waals surface area contributed by atoms with Crippen LogP contribution in [0.1, 0.15) is 57.3 Å². The zero-order chi connectivity index (χ0) is 27.5. The SMILES string of the molecule is COC(=O)N1CC[C@@H](c2nc3c(F)cc(-c4nc(NC5CC6(CC6)OC[C@H]5O)ncc4Cl)cc3n2C(C)C)C1. The predicted octanol–water partition coefficient (Wildman–Crippen LogP) is 4.52. The first-order valence-electron chi connectivity index (χ1n) is 13.3. The summed E-state index contributed by atoms with van der Waals surface area (Å²) in [5, 5.41) is 14.0. The second kappa shape index (κ2) is 9.87. The van der Waals surface area contributed by atoms with Gasteiger partial charge in [0.15, 0.2) is 5.82 Å². The van der Waals surface area contributed by atoms with Crippen LogP contribution in [-0.4, -0.2) is 80.2 Å². The average Bonchev–Trinajstić information content (AvgIpc) is 3.30. The van der Waals surface area contributed by atoms with E-state index >= 15 is 4.39 Å². The van der Waals surface area contributed by atoms with Gasteiger partial charge in [-0.25, -0.2) is 24.1 Å². The van der Waals surface area contributed by atoms with Crippen molar-refractivity contribution in [2.75, 3.05) is 32.1 Å². The van der Waals surface area contributed by atoms with E-state index in [1.165, 1.54) is 19.4 Å². The van der Waals surface area contributed by atoms with Crippen LogP contribution in [0, 0.1) is 5.82 Å². The molecular formula is C27H32ClFN6O4. The molecule has 1 aromatic carbocycles. The Morgan fingerprint density at radius 2 is 2.13 bits per heavy atom. The van der Waals surface area contributed by atoms with Crippen molar-refractivity contribution in [3.8, 4) is 11.3 Å². The molecule has 2 N–H and O–H groups in total. The molecule has 2 aromatic heterocycles. The third-order valence-corrected chi connectivity index (χ3v) is 8.31. The van der Waals surface area contributed by atoms with Crippen LogP contribution < -0.4 is 5.32 Å². The summed E-state index contributed by atoms with van der Waals surface area (Å²) in [6.07, 6.45) is 3.78. The van der Waals surface area contributed by atoms with Crippen molar-refractivity contribution >= 4 is 34.7 Å². The Morgan fingerprint density at radius 1 is 1.33 bits per heavy atom. The van der Waals surface area contributed by atoms with Crippen molar-refractivity contribution in [1.29, 1.82) is 0 Å². The van der Waals surface area contributed by atoms with Gasteiger partial charge in [-0.2, -0.15) is 0 Å². The number of fused-ring (bicyclic) bond motifs is 1. The molecule has 208 valence electrons. The number of halogens is 2. The fourth-order valence-corrected chi connectivity index (χ4v) is 6.02. The van der Waals surface area contributed by atoms with Gasteiger partial charge in [-0.1, -0.05) is 11.6 Å². The third-order valence-electron chi connectivity index (χ3n) is 8.03. The van der Waals surface area contributed by atoms with Crippen molar-refractivity contribution in [3.05, 3.63) is 35.0 Å².